The van der Waals surface area contributed by atoms with E-state index in [-0.39, 0.29) is 35.2 Å². The van der Waals surface area contributed by atoms with E-state index in [9.17, 15) is 21.6 Å². The second kappa shape index (κ2) is 7.82. The molecule has 1 amide bonds. The van der Waals surface area contributed by atoms with Gasteiger partial charge >= 0.3 is 0 Å². The highest BCUT2D eigenvalue weighted by atomic mass is 32.2. The van der Waals surface area contributed by atoms with Crippen LogP contribution in [0.25, 0.3) is 0 Å². The normalized spacial score (nSPS) is 21.2. The van der Waals surface area contributed by atoms with Gasteiger partial charge in [-0.25, -0.2) is 16.8 Å². The molecule has 0 saturated carbocycles. The van der Waals surface area contributed by atoms with Crippen molar-refractivity contribution in [3.8, 4) is 0 Å². The Morgan fingerprint density at radius 1 is 1.40 bits per heavy atom. The molecule has 0 radical (unpaired) electrons. The molecule has 0 aromatic carbocycles. The summed E-state index contributed by atoms with van der Waals surface area (Å²) in [5, 5.41) is 6.99. The van der Waals surface area contributed by atoms with E-state index in [4.69, 9.17) is 4.42 Å². The van der Waals surface area contributed by atoms with Crippen molar-refractivity contribution in [1.29, 1.82) is 0 Å². The Hall–Kier alpha value is -2.18. The van der Waals surface area contributed by atoms with E-state index >= 15 is 0 Å². The van der Waals surface area contributed by atoms with Crippen molar-refractivity contribution in [3.05, 3.63) is 35.5 Å². The van der Waals surface area contributed by atoms with Gasteiger partial charge in [-0.3, -0.25) is 9.48 Å². The molecule has 1 aliphatic rings. The Balaban J connectivity index is 1.77. The molecule has 0 spiro atoms. The van der Waals surface area contributed by atoms with Crippen molar-refractivity contribution < 1.29 is 26.0 Å². The van der Waals surface area contributed by atoms with Crippen molar-refractivity contribution >= 4 is 25.8 Å². The number of sulfone groups is 1. The third kappa shape index (κ3) is 4.60. The fourth-order valence-corrected chi connectivity index (χ4v) is 7.29. The SMILES string of the molecule is Cc1nn(CC(=O)N[C@]2(C)CCS(=O)(=O)C2)c(C)c1S(=O)(=O)N(C)Cc1ccco1. The molecule has 3 heterocycles. The number of amides is 1. The summed E-state index contributed by atoms with van der Waals surface area (Å²) < 4.78 is 57.3. The van der Waals surface area contributed by atoms with E-state index in [0.717, 1.165) is 4.31 Å². The lowest BCUT2D eigenvalue weighted by molar-refractivity contribution is -0.123. The van der Waals surface area contributed by atoms with Crippen LogP contribution in [0.15, 0.2) is 27.7 Å². The highest BCUT2D eigenvalue weighted by Gasteiger charge is 2.39. The lowest BCUT2D eigenvalue weighted by Gasteiger charge is -2.24. The first-order valence-electron chi connectivity index (χ1n) is 9.37. The molecule has 1 saturated heterocycles. The molecule has 2 aromatic heterocycles. The molecular weight excluding hydrogens is 432 g/mol. The number of carbonyl (C=O) groups is 1. The van der Waals surface area contributed by atoms with Crippen LogP contribution in [0.2, 0.25) is 0 Å². The minimum Gasteiger partial charge on any atom is -0.468 e. The molecule has 30 heavy (non-hydrogen) atoms. The van der Waals surface area contributed by atoms with Gasteiger partial charge in [-0.1, -0.05) is 0 Å². The number of hydrogen-bond donors (Lipinski definition) is 1. The van der Waals surface area contributed by atoms with Gasteiger partial charge in [0.1, 0.15) is 17.2 Å². The van der Waals surface area contributed by atoms with E-state index in [1.54, 1.807) is 32.9 Å². The maximum Gasteiger partial charge on any atom is 0.246 e. The third-order valence-corrected chi connectivity index (χ3v) is 9.14. The minimum atomic E-state index is -3.86. The fraction of sp³-hybridized carbons (Fsp3) is 0.556. The minimum absolute atomic E-state index is 0.0358. The molecule has 3 rings (SSSR count). The first kappa shape index (κ1) is 22.5. The topological polar surface area (TPSA) is 132 Å². The zero-order valence-electron chi connectivity index (χ0n) is 17.4. The van der Waals surface area contributed by atoms with Gasteiger partial charge in [0.2, 0.25) is 15.9 Å². The van der Waals surface area contributed by atoms with Crippen LogP contribution in [0.3, 0.4) is 0 Å². The predicted molar refractivity (Wildman–Crippen MR) is 109 cm³/mol. The van der Waals surface area contributed by atoms with Crippen molar-refractivity contribution in [1.82, 2.24) is 19.4 Å². The van der Waals surface area contributed by atoms with Gasteiger partial charge in [0.15, 0.2) is 9.84 Å². The van der Waals surface area contributed by atoms with Crippen molar-refractivity contribution in [2.24, 2.45) is 0 Å². The summed E-state index contributed by atoms with van der Waals surface area (Å²) in [5.41, 5.74) is -0.219. The number of nitrogens with zero attached hydrogens (tertiary/aromatic N) is 3. The summed E-state index contributed by atoms with van der Waals surface area (Å²) in [5.74, 6) is 0.00437. The highest BCUT2D eigenvalue weighted by Crippen LogP contribution is 2.25. The van der Waals surface area contributed by atoms with Crippen molar-refractivity contribution in [3.63, 3.8) is 0 Å². The summed E-state index contributed by atoms with van der Waals surface area (Å²) >= 11 is 0. The van der Waals surface area contributed by atoms with Gasteiger partial charge in [0.05, 0.1) is 41.2 Å². The van der Waals surface area contributed by atoms with Crippen LogP contribution >= 0.6 is 0 Å². The van der Waals surface area contributed by atoms with Gasteiger partial charge in [-0.05, 0) is 39.3 Å². The largest absolute Gasteiger partial charge is 0.468 e. The Morgan fingerprint density at radius 2 is 2.10 bits per heavy atom. The second-order valence-corrected chi connectivity index (χ2v) is 12.1. The predicted octanol–water partition coefficient (Wildman–Crippen LogP) is 0.607. The maximum atomic E-state index is 13.1. The van der Waals surface area contributed by atoms with Gasteiger partial charge in [-0.2, -0.15) is 9.40 Å². The number of carbonyl (C=O) groups excluding carboxylic acids is 1. The average Bonchev–Trinajstić information content (AvgIpc) is 3.27. The maximum absolute atomic E-state index is 13.1. The number of aryl methyl sites for hydroxylation is 1. The standard InChI is InChI=1S/C18H26N4O6S2/c1-13-17(30(26,27)21(4)10-15-6-5-8-28-15)14(2)22(20-13)11-16(23)19-18(3)7-9-29(24,25)12-18/h5-6,8H,7,9-12H2,1-4H3,(H,19,23)/t18-/m1/s1. The number of aromatic nitrogens is 2. The Bertz CT molecular complexity index is 1150. The lowest BCUT2D eigenvalue weighted by Crippen LogP contribution is -2.48. The van der Waals surface area contributed by atoms with Crippen LogP contribution in [0.5, 0.6) is 0 Å². The van der Waals surface area contributed by atoms with Crippen molar-refractivity contribution in [2.45, 2.75) is 50.7 Å². The zero-order chi connectivity index (χ0) is 22.3. The molecule has 0 bridgehead atoms. The highest BCUT2D eigenvalue weighted by molar-refractivity contribution is 7.91. The molecule has 1 fully saturated rings. The molecule has 0 unspecified atom stereocenters. The zero-order valence-corrected chi connectivity index (χ0v) is 19.0. The molecular formula is C18H26N4O6S2. The fourth-order valence-electron chi connectivity index (χ4n) is 3.69. The molecule has 1 aliphatic heterocycles. The average molecular weight is 459 g/mol. The third-order valence-electron chi connectivity index (χ3n) is 5.18. The molecule has 2 aromatic rings. The van der Waals surface area contributed by atoms with Gasteiger partial charge in [0, 0.05) is 7.05 Å². The summed E-state index contributed by atoms with van der Waals surface area (Å²) in [6, 6.07) is 3.36. The Morgan fingerprint density at radius 3 is 2.67 bits per heavy atom. The van der Waals surface area contributed by atoms with Gasteiger partial charge in [-0.15, -0.1) is 0 Å². The number of furan rings is 1. The van der Waals surface area contributed by atoms with Crippen LogP contribution in [-0.4, -0.2) is 60.9 Å². The quantitative estimate of drug-likeness (QED) is 0.643. The molecule has 12 heteroatoms. The number of rotatable bonds is 7. The molecule has 166 valence electrons. The lowest BCUT2D eigenvalue weighted by atomic mass is 10.0. The van der Waals surface area contributed by atoms with Gasteiger partial charge in [0.25, 0.3) is 0 Å². The van der Waals surface area contributed by atoms with E-state index in [0.29, 0.717) is 17.9 Å². The molecule has 1 atom stereocenters. The van der Waals surface area contributed by atoms with Crippen LogP contribution in [-0.2, 0) is 37.7 Å². The molecule has 10 nitrogen and oxygen atoms in total. The number of hydrogen-bond acceptors (Lipinski definition) is 7. The second-order valence-electron chi connectivity index (χ2n) is 7.95. The summed E-state index contributed by atoms with van der Waals surface area (Å²) in [6.07, 6.45) is 1.81. The van der Waals surface area contributed by atoms with E-state index in [1.165, 1.54) is 18.0 Å². The number of nitrogens with one attached hydrogen (secondary N) is 1. The summed E-state index contributed by atoms with van der Waals surface area (Å²) in [4.78, 5) is 12.6. The van der Waals surface area contributed by atoms with E-state index < -0.39 is 31.3 Å². The molecule has 0 aliphatic carbocycles. The van der Waals surface area contributed by atoms with Crippen LogP contribution in [0.1, 0.15) is 30.5 Å². The van der Waals surface area contributed by atoms with Crippen LogP contribution in [0, 0.1) is 13.8 Å². The molecule has 1 N–H and O–H groups in total. The van der Waals surface area contributed by atoms with Crippen LogP contribution in [0.4, 0.5) is 0 Å². The first-order chi connectivity index (χ1) is 13.8. The monoisotopic (exact) mass is 458 g/mol. The summed E-state index contributed by atoms with van der Waals surface area (Å²) in [7, 11) is -5.58. The van der Waals surface area contributed by atoms with Crippen molar-refractivity contribution in [2.75, 3.05) is 18.6 Å². The van der Waals surface area contributed by atoms with E-state index in [2.05, 4.69) is 10.4 Å². The number of sulfonamides is 1. The Labute approximate surface area is 176 Å². The van der Waals surface area contributed by atoms with Gasteiger partial charge < -0.3 is 9.73 Å². The first-order valence-corrected chi connectivity index (χ1v) is 12.6. The van der Waals surface area contributed by atoms with Crippen LogP contribution < -0.4 is 5.32 Å². The smallest absolute Gasteiger partial charge is 0.246 e. The summed E-state index contributed by atoms with van der Waals surface area (Å²) in [6.45, 7) is 4.70. The Kier molecular flexibility index (Phi) is 5.87. The van der Waals surface area contributed by atoms with E-state index in [1.807, 2.05) is 0 Å².